The number of nitrogens with zero attached hydrogens (tertiary/aromatic N) is 2. The SMILES string of the molecule is Cl.NCCNc1nc(N)nc2c3c(sc12)CCC(F)(F)C3. The monoisotopic (exact) mass is 335 g/mol. The van der Waals surface area contributed by atoms with E-state index in [4.69, 9.17) is 11.5 Å². The molecule has 5 N–H and O–H groups in total. The van der Waals surface area contributed by atoms with E-state index in [0.717, 1.165) is 9.58 Å². The van der Waals surface area contributed by atoms with Crippen molar-refractivity contribution in [2.45, 2.75) is 25.2 Å². The molecule has 0 radical (unpaired) electrons. The highest BCUT2D eigenvalue weighted by Gasteiger charge is 2.37. The highest BCUT2D eigenvalue weighted by molar-refractivity contribution is 7.19. The maximum atomic E-state index is 13.6. The van der Waals surface area contributed by atoms with Crippen molar-refractivity contribution in [1.29, 1.82) is 0 Å². The number of nitrogen functional groups attached to an aromatic ring is 1. The molecule has 0 saturated heterocycles. The lowest BCUT2D eigenvalue weighted by Crippen LogP contribution is -2.25. The molecule has 0 bridgehead atoms. The molecule has 0 aliphatic heterocycles. The van der Waals surface area contributed by atoms with Crippen LogP contribution in [0.15, 0.2) is 0 Å². The van der Waals surface area contributed by atoms with Crippen LogP contribution in [0.5, 0.6) is 0 Å². The van der Waals surface area contributed by atoms with Gasteiger partial charge in [-0.2, -0.15) is 4.98 Å². The zero-order valence-corrected chi connectivity index (χ0v) is 12.8. The van der Waals surface area contributed by atoms with E-state index < -0.39 is 5.92 Å². The molecule has 0 aromatic carbocycles. The van der Waals surface area contributed by atoms with Crippen LogP contribution >= 0.6 is 23.7 Å². The van der Waals surface area contributed by atoms with Crippen LogP contribution in [-0.2, 0) is 12.8 Å². The Kier molecular flexibility index (Phi) is 4.50. The normalized spacial score (nSPS) is 16.3. The first-order chi connectivity index (χ1) is 9.50. The zero-order chi connectivity index (χ0) is 14.3. The molecule has 2 heterocycles. The zero-order valence-electron chi connectivity index (χ0n) is 11.2. The first-order valence-corrected chi connectivity index (χ1v) is 7.21. The molecule has 2 aromatic heterocycles. The van der Waals surface area contributed by atoms with Gasteiger partial charge in [0.2, 0.25) is 5.95 Å². The second kappa shape index (κ2) is 5.86. The number of hydrogen-bond donors (Lipinski definition) is 3. The van der Waals surface area contributed by atoms with Crippen LogP contribution in [0.2, 0.25) is 0 Å². The van der Waals surface area contributed by atoms with Gasteiger partial charge in [0, 0.05) is 30.8 Å². The van der Waals surface area contributed by atoms with E-state index in [0.29, 0.717) is 36.4 Å². The minimum absolute atomic E-state index is 0. The number of fused-ring (bicyclic) bond motifs is 3. The fourth-order valence-electron chi connectivity index (χ4n) is 2.42. The van der Waals surface area contributed by atoms with Crippen LogP contribution in [0.4, 0.5) is 20.5 Å². The number of nitrogens with two attached hydrogens (primary N) is 2. The van der Waals surface area contributed by atoms with Crippen molar-refractivity contribution in [2.75, 3.05) is 24.1 Å². The number of alkyl halides is 2. The molecule has 116 valence electrons. The van der Waals surface area contributed by atoms with E-state index in [1.807, 2.05) is 0 Å². The number of thiophene rings is 1. The second-order valence-corrected chi connectivity index (χ2v) is 5.97. The van der Waals surface area contributed by atoms with Gasteiger partial charge < -0.3 is 16.8 Å². The van der Waals surface area contributed by atoms with Crippen molar-refractivity contribution in [1.82, 2.24) is 9.97 Å². The number of nitrogens with one attached hydrogen (secondary N) is 1. The average Bonchev–Trinajstić information content (AvgIpc) is 2.73. The van der Waals surface area contributed by atoms with Crippen LogP contribution in [0.1, 0.15) is 16.9 Å². The Balaban J connectivity index is 0.00000161. The summed E-state index contributed by atoms with van der Waals surface area (Å²) >= 11 is 1.47. The number of rotatable bonds is 3. The highest BCUT2D eigenvalue weighted by atomic mass is 35.5. The third kappa shape index (κ3) is 3.02. The number of anilines is 2. The fourth-order valence-corrected chi connectivity index (χ4v) is 3.65. The molecule has 21 heavy (non-hydrogen) atoms. The molecular formula is C12H16ClF2N5S. The third-order valence-electron chi connectivity index (χ3n) is 3.32. The first kappa shape index (κ1) is 16.1. The fraction of sp³-hybridized carbons (Fsp3) is 0.500. The average molecular weight is 336 g/mol. The summed E-state index contributed by atoms with van der Waals surface area (Å²) in [4.78, 5) is 9.26. The summed E-state index contributed by atoms with van der Waals surface area (Å²) in [5, 5.41) is 3.07. The van der Waals surface area contributed by atoms with Gasteiger partial charge in [-0.05, 0) is 12.0 Å². The lowest BCUT2D eigenvalue weighted by Gasteiger charge is -2.21. The molecule has 2 aromatic rings. The van der Waals surface area contributed by atoms with Gasteiger partial charge in [0.1, 0.15) is 5.82 Å². The van der Waals surface area contributed by atoms with Gasteiger partial charge >= 0.3 is 0 Å². The minimum Gasteiger partial charge on any atom is -0.368 e. The van der Waals surface area contributed by atoms with E-state index in [2.05, 4.69) is 15.3 Å². The Morgan fingerprint density at radius 2 is 2.10 bits per heavy atom. The largest absolute Gasteiger partial charge is 0.368 e. The maximum Gasteiger partial charge on any atom is 0.252 e. The smallest absolute Gasteiger partial charge is 0.252 e. The van der Waals surface area contributed by atoms with Gasteiger partial charge in [0.15, 0.2) is 0 Å². The summed E-state index contributed by atoms with van der Waals surface area (Å²) in [5.41, 5.74) is 12.3. The number of aryl methyl sites for hydroxylation is 1. The van der Waals surface area contributed by atoms with Crippen molar-refractivity contribution in [3.8, 4) is 0 Å². The summed E-state index contributed by atoms with van der Waals surface area (Å²) < 4.78 is 28.0. The molecule has 9 heteroatoms. The van der Waals surface area contributed by atoms with Crippen molar-refractivity contribution in [2.24, 2.45) is 5.73 Å². The molecule has 0 atom stereocenters. The second-order valence-electron chi connectivity index (χ2n) is 4.86. The molecule has 0 spiro atoms. The van der Waals surface area contributed by atoms with Crippen molar-refractivity contribution >= 4 is 45.7 Å². The van der Waals surface area contributed by atoms with E-state index in [-0.39, 0.29) is 31.2 Å². The molecule has 0 fully saturated rings. The summed E-state index contributed by atoms with van der Waals surface area (Å²) in [6.07, 6.45) is -0.00396. The minimum atomic E-state index is -2.66. The predicted molar refractivity (Wildman–Crippen MR) is 83.6 cm³/mol. The summed E-state index contributed by atoms with van der Waals surface area (Å²) in [5.74, 6) is -1.99. The number of aromatic nitrogens is 2. The Labute approximate surface area is 130 Å². The standard InChI is InChI=1S/C12H15F2N5S.ClH/c13-12(14)2-1-7-6(5-12)8-9(20-7)10(17-4-3-15)19-11(16)18-8;/h1-5,15H2,(H3,16,17,18,19);1H. The van der Waals surface area contributed by atoms with Gasteiger partial charge in [-0.25, -0.2) is 13.8 Å². The molecule has 5 nitrogen and oxygen atoms in total. The molecule has 3 rings (SSSR count). The lowest BCUT2D eigenvalue weighted by atomic mass is 9.95. The predicted octanol–water partition coefficient (Wildman–Crippen LogP) is 2.19. The maximum absolute atomic E-state index is 13.6. The van der Waals surface area contributed by atoms with Gasteiger partial charge in [0.05, 0.1) is 10.2 Å². The Morgan fingerprint density at radius 3 is 2.81 bits per heavy atom. The van der Waals surface area contributed by atoms with Crippen LogP contribution in [0, 0.1) is 0 Å². The Morgan fingerprint density at radius 1 is 1.33 bits per heavy atom. The van der Waals surface area contributed by atoms with Crippen molar-refractivity contribution in [3.05, 3.63) is 10.4 Å². The van der Waals surface area contributed by atoms with Gasteiger partial charge in [-0.15, -0.1) is 23.7 Å². The molecule has 0 amide bonds. The molecule has 1 aliphatic rings. The Bertz CT molecular complexity index is 661. The third-order valence-corrected chi connectivity index (χ3v) is 4.61. The summed E-state index contributed by atoms with van der Waals surface area (Å²) in [7, 11) is 0. The molecule has 0 unspecified atom stereocenters. The Hall–Kier alpha value is -1.25. The number of halogens is 3. The van der Waals surface area contributed by atoms with E-state index in [1.54, 1.807) is 0 Å². The van der Waals surface area contributed by atoms with Gasteiger partial charge in [0.25, 0.3) is 5.92 Å². The molecule has 1 aliphatic carbocycles. The first-order valence-electron chi connectivity index (χ1n) is 6.40. The van der Waals surface area contributed by atoms with E-state index >= 15 is 0 Å². The summed E-state index contributed by atoms with van der Waals surface area (Å²) in [6.45, 7) is 0.999. The van der Waals surface area contributed by atoms with Crippen LogP contribution in [0.3, 0.4) is 0 Å². The van der Waals surface area contributed by atoms with Crippen LogP contribution in [-0.4, -0.2) is 29.0 Å². The van der Waals surface area contributed by atoms with Gasteiger partial charge in [-0.3, -0.25) is 0 Å². The van der Waals surface area contributed by atoms with Crippen LogP contribution < -0.4 is 16.8 Å². The molecular weight excluding hydrogens is 320 g/mol. The highest BCUT2D eigenvalue weighted by Crippen LogP contribution is 2.42. The summed E-state index contributed by atoms with van der Waals surface area (Å²) in [6, 6.07) is 0. The quantitative estimate of drug-likeness (QED) is 0.800. The van der Waals surface area contributed by atoms with Crippen molar-refractivity contribution in [3.63, 3.8) is 0 Å². The molecule has 0 saturated carbocycles. The van der Waals surface area contributed by atoms with Gasteiger partial charge in [-0.1, -0.05) is 0 Å². The topological polar surface area (TPSA) is 89.8 Å². The lowest BCUT2D eigenvalue weighted by molar-refractivity contribution is -0.0113. The van der Waals surface area contributed by atoms with E-state index in [9.17, 15) is 8.78 Å². The van der Waals surface area contributed by atoms with E-state index in [1.165, 1.54) is 11.3 Å². The van der Waals surface area contributed by atoms with Crippen molar-refractivity contribution < 1.29 is 8.78 Å². The van der Waals surface area contributed by atoms with Crippen LogP contribution in [0.25, 0.3) is 10.2 Å². The number of hydrogen-bond acceptors (Lipinski definition) is 6.